The lowest BCUT2D eigenvalue weighted by Gasteiger charge is -2.17. The molecule has 3 rings (SSSR count). The maximum atomic E-state index is 12.8. The minimum absolute atomic E-state index is 0.0135. The molecule has 1 aliphatic rings. The smallest absolute Gasteiger partial charge is 0.263 e. The molecule has 152 valence electrons. The van der Waals surface area contributed by atoms with Crippen molar-refractivity contribution in [3.8, 4) is 11.5 Å². The standard InChI is InChI=1S/C18H19BrCl2N2O4S/c1-23-6-5-12(10-23)27-17-7-11(3-4-14(17)20)22-28(24,25)18-9-16(26-2)13(19)8-15(18)21/h3-4,7-9,12,22H,5-6,10H2,1-2H3. The molecule has 1 heterocycles. The molecule has 0 bridgehead atoms. The Kier molecular flexibility index (Phi) is 6.66. The number of halogens is 3. The third-order valence-electron chi connectivity index (χ3n) is 4.32. The first-order valence-corrected chi connectivity index (χ1v) is 11.4. The van der Waals surface area contributed by atoms with Crippen molar-refractivity contribution in [2.24, 2.45) is 0 Å². The Hall–Kier alpha value is -1.19. The van der Waals surface area contributed by atoms with Crippen molar-refractivity contribution in [3.05, 3.63) is 44.8 Å². The van der Waals surface area contributed by atoms with Crippen LogP contribution in [-0.4, -0.2) is 46.7 Å². The highest BCUT2D eigenvalue weighted by atomic mass is 79.9. The summed E-state index contributed by atoms with van der Waals surface area (Å²) in [5.41, 5.74) is 0.323. The molecule has 2 aromatic rings. The molecule has 1 fully saturated rings. The second-order valence-electron chi connectivity index (χ2n) is 6.46. The van der Waals surface area contributed by atoms with Crippen molar-refractivity contribution >= 4 is 54.8 Å². The summed E-state index contributed by atoms with van der Waals surface area (Å²) in [5, 5.41) is 0.487. The van der Waals surface area contributed by atoms with Gasteiger partial charge in [-0.3, -0.25) is 4.72 Å². The van der Waals surface area contributed by atoms with Crippen molar-refractivity contribution in [1.29, 1.82) is 0 Å². The van der Waals surface area contributed by atoms with Gasteiger partial charge in [-0.1, -0.05) is 23.2 Å². The second kappa shape index (κ2) is 8.67. The highest BCUT2D eigenvalue weighted by Gasteiger charge is 2.24. The van der Waals surface area contributed by atoms with Gasteiger partial charge in [0, 0.05) is 25.2 Å². The summed E-state index contributed by atoms with van der Waals surface area (Å²) in [6.45, 7) is 1.74. The van der Waals surface area contributed by atoms with Crippen molar-refractivity contribution in [3.63, 3.8) is 0 Å². The maximum Gasteiger partial charge on any atom is 0.263 e. The third kappa shape index (κ3) is 4.86. The third-order valence-corrected chi connectivity index (χ3v) is 7.10. The molecule has 1 atom stereocenters. The van der Waals surface area contributed by atoms with Gasteiger partial charge in [-0.05, 0) is 47.6 Å². The van der Waals surface area contributed by atoms with Crippen LogP contribution >= 0.6 is 39.1 Å². The van der Waals surface area contributed by atoms with Gasteiger partial charge in [-0.2, -0.15) is 0 Å². The van der Waals surface area contributed by atoms with Gasteiger partial charge >= 0.3 is 0 Å². The van der Waals surface area contributed by atoms with E-state index in [-0.39, 0.29) is 16.0 Å². The predicted molar refractivity (Wildman–Crippen MR) is 114 cm³/mol. The fraction of sp³-hybridized carbons (Fsp3) is 0.333. The van der Waals surface area contributed by atoms with Gasteiger partial charge in [0.25, 0.3) is 10.0 Å². The summed E-state index contributed by atoms with van der Waals surface area (Å²) in [7, 11) is -0.484. The van der Waals surface area contributed by atoms with Crippen LogP contribution in [0.25, 0.3) is 0 Å². The molecule has 1 unspecified atom stereocenters. The van der Waals surface area contributed by atoms with Crippen LogP contribution in [0.3, 0.4) is 0 Å². The van der Waals surface area contributed by atoms with Gasteiger partial charge in [0.2, 0.25) is 0 Å². The second-order valence-corrected chi connectivity index (χ2v) is 9.78. The van der Waals surface area contributed by atoms with E-state index in [4.69, 9.17) is 32.7 Å². The van der Waals surface area contributed by atoms with Gasteiger partial charge in [0.05, 0.1) is 27.3 Å². The van der Waals surface area contributed by atoms with E-state index in [1.165, 1.54) is 19.2 Å². The fourth-order valence-electron chi connectivity index (χ4n) is 2.91. The van der Waals surface area contributed by atoms with Crippen LogP contribution in [0.2, 0.25) is 10.0 Å². The van der Waals surface area contributed by atoms with E-state index >= 15 is 0 Å². The first-order valence-electron chi connectivity index (χ1n) is 8.40. The SMILES string of the molecule is COc1cc(S(=O)(=O)Nc2ccc(Cl)c(OC3CCN(C)C3)c2)c(Cl)cc1Br. The van der Waals surface area contributed by atoms with Crippen LogP contribution in [0.15, 0.2) is 39.7 Å². The summed E-state index contributed by atoms with van der Waals surface area (Å²) in [4.78, 5) is 2.07. The molecule has 10 heteroatoms. The number of hydrogen-bond donors (Lipinski definition) is 1. The van der Waals surface area contributed by atoms with E-state index in [1.54, 1.807) is 18.2 Å². The molecular formula is C18H19BrCl2N2O4S. The number of nitrogens with zero attached hydrogens (tertiary/aromatic N) is 1. The van der Waals surface area contributed by atoms with Gasteiger partial charge in [0.1, 0.15) is 22.5 Å². The minimum Gasteiger partial charge on any atom is -0.496 e. The van der Waals surface area contributed by atoms with Crippen LogP contribution in [0.4, 0.5) is 5.69 Å². The quantitative estimate of drug-likeness (QED) is 0.613. The molecule has 0 radical (unpaired) electrons. The summed E-state index contributed by atoms with van der Waals surface area (Å²) in [5.74, 6) is 0.789. The summed E-state index contributed by atoms with van der Waals surface area (Å²) < 4.78 is 39.9. The maximum absolute atomic E-state index is 12.8. The molecular weight excluding hydrogens is 491 g/mol. The highest BCUT2D eigenvalue weighted by molar-refractivity contribution is 9.10. The molecule has 1 N–H and O–H groups in total. The van der Waals surface area contributed by atoms with Crippen LogP contribution in [0.5, 0.6) is 11.5 Å². The first kappa shape index (κ1) is 21.5. The predicted octanol–water partition coefficient (Wildman–Crippen LogP) is 4.65. The normalized spacial score (nSPS) is 17.5. The Bertz CT molecular complexity index is 988. The summed E-state index contributed by atoms with van der Waals surface area (Å²) >= 11 is 15.6. The topological polar surface area (TPSA) is 67.9 Å². The van der Waals surface area contributed by atoms with E-state index in [2.05, 4.69) is 25.6 Å². The van der Waals surface area contributed by atoms with Crippen molar-refractivity contribution in [1.82, 2.24) is 4.90 Å². The molecule has 1 saturated heterocycles. The Morgan fingerprint density at radius 2 is 1.93 bits per heavy atom. The zero-order chi connectivity index (χ0) is 20.5. The first-order chi connectivity index (χ1) is 13.2. The number of methoxy groups -OCH3 is 1. The molecule has 0 spiro atoms. The molecule has 6 nitrogen and oxygen atoms in total. The lowest BCUT2D eigenvalue weighted by Crippen LogP contribution is -2.21. The lowest BCUT2D eigenvalue weighted by atomic mass is 10.3. The summed E-state index contributed by atoms with van der Waals surface area (Å²) in [6.07, 6.45) is 0.899. The van der Waals surface area contributed by atoms with Crippen molar-refractivity contribution in [2.75, 3.05) is 32.0 Å². The number of anilines is 1. The molecule has 2 aromatic carbocycles. The Morgan fingerprint density at radius 3 is 2.57 bits per heavy atom. The molecule has 0 saturated carbocycles. The Labute approximate surface area is 182 Å². The number of sulfonamides is 1. The number of likely N-dealkylation sites (tertiary alicyclic amines) is 1. The van der Waals surface area contributed by atoms with Crippen LogP contribution in [-0.2, 0) is 10.0 Å². The van der Waals surface area contributed by atoms with E-state index in [0.29, 0.717) is 26.7 Å². The molecule has 0 aliphatic carbocycles. The monoisotopic (exact) mass is 508 g/mol. The Morgan fingerprint density at radius 1 is 1.18 bits per heavy atom. The zero-order valence-corrected chi connectivity index (χ0v) is 19.1. The highest BCUT2D eigenvalue weighted by Crippen LogP contribution is 2.35. The van der Waals surface area contributed by atoms with E-state index < -0.39 is 10.0 Å². The van der Waals surface area contributed by atoms with Gasteiger partial charge in [-0.25, -0.2) is 8.42 Å². The van der Waals surface area contributed by atoms with Gasteiger partial charge < -0.3 is 14.4 Å². The minimum atomic E-state index is -3.95. The lowest BCUT2D eigenvalue weighted by molar-refractivity contribution is 0.208. The van der Waals surface area contributed by atoms with Crippen LogP contribution in [0, 0.1) is 0 Å². The number of nitrogens with one attached hydrogen (secondary N) is 1. The average molecular weight is 510 g/mol. The number of hydrogen-bond acceptors (Lipinski definition) is 5. The molecule has 28 heavy (non-hydrogen) atoms. The number of likely N-dealkylation sites (N-methyl/N-ethyl adjacent to an activating group) is 1. The largest absolute Gasteiger partial charge is 0.496 e. The van der Waals surface area contributed by atoms with Crippen molar-refractivity contribution in [2.45, 2.75) is 17.4 Å². The van der Waals surface area contributed by atoms with Crippen LogP contribution in [0.1, 0.15) is 6.42 Å². The van der Waals surface area contributed by atoms with E-state index in [0.717, 1.165) is 19.5 Å². The average Bonchev–Trinajstić information content (AvgIpc) is 3.02. The van der Waals surface area contributed by atoms with Crippen molar-refractivity contribution < 1.29 is 17.9 Å². The number of ether oxygens (including phenoxy) is 2. The van der Waals surface area contributed by atoms with E-state index in [1.807, 2.05) is 7.05 Å². The van der Waals surface area contributed by atoms with Crippen LogP contribution < -0.4 is 14.2 Å². The Balaban J connectivity index is 1.86. The van der Waals surface area contributed by atoms with Gasteiger partial charge in [0.15, 0.2) is 0 Å². The molecule has 0 amide bonds. The molecule has 0 aromatic heterocycles. The van der Waals surface area contributed by atoms with Gasteiger partial charge in [-0.15, -0.1) is 0 Å². The number of rotatable bonds is 6. The number of benzene rings is 2. The zero-order valence-electron chi connectivity index (χ0n) is 15.2. The summed E-state index contributed by atoms with van der Waals surface area (Å²) in [6, 6.07) is 7.56. The molecule has 1 aliphatic heterocycles. The fourth-order valence-corrected chi connectivity index (χ4v) is 5.30. The van der Waals surface area contributed by atoms with E-state index in [9.17, 15) is 8.42 Å².